The second-order valence-electron chi connectivity index (χ2n) is 16.1. The summed E-state index contributed by atoms with van der Waals surface area (Å²) in [6, 6.07) is 69.9. The van der Waals surface area contributed by atoms with Crippen LogP contribution in [0.1, 0.15) is 25.0 Å². The molecule has 0 aromatic heterocycles. The van der Waals surface area contributed by atoms with Gasteiger partial charge in [-0.15, -0.1) is 0 Å². The van der Waals surface area contributed by atoms with Gasteiger partial charge in [-0.1, -0.05) is 197 Å². The van der Waals surface area contributed by atoms with Gasteiger partial charge in [0.2, 0.25) is 0 Å². The minimum absolute atomic E-state index is 0.205. The van der Waals surface area contributed by atoms with E-state index in [0.29, 0.717) is 0 Å². The molecule has 0 saturated heterocycles. The van der Waals surface area contributed by atoms with Crippen molar-refractivity contribution in [1.29, 1.82) is 0 Å². The Morgan fingerprint density at radius 3 is 1.62 bits per heavy atom. The summed E-state index contributed by atoms with van der Waals surface area (Å²) in [5, 5.41) is 3.01. The first-order valence-corrected chi connectivity index (χ1v) is 22.5. The standard InChI is InChI=1S/C53H43NSi/c1-53(2)45-27-13-11-22-41(45)43-25-16-29-47(51(43)53)54(48-30-17-26-44-42-23-12-14-31-49(42)55(3,4)52(44)48)46-28-15-24-40(38-20-9-6-10-21-38)50(46)39-34-32-37(33-35-39)36-18-7-5-8-19-36/h5-35H,1-4H3. The molecule has 0 unspecified atom stereocenters. The van der Waals surface area contributed by atoms with Crippen LogP contribution in [0.2, 0.25) is 13.1 Å². The third-order valence-electron chi connectivity index (χ3n) is 12.2. The van der Waals surface area contributed by atoms with Gasteiger partial charge in [-0.25, -0.2) is 0 Å². The van der Waals surface area contributed by atoms with Crippen molar-refractivity contribution in [3.8, 4) is 55.6 Å². The van der Waals surface area contributed by atoms with Crippen LogP contribution in [0, 0.1) is 0 Å². The van der Waals surface area contributed by atoms with E-state index in [2.05, 4.69) is 220 Å². The molecular formula is C53H43NSi. The Morgan fingerprint density at radius 1 is 0.382 bits per heavy atom. The van der Waals surface area contributed by atoms with Gasteiger partial charge in [0, 0.05) is 16.7 Å². The molecule has 1 aliphatic carbocycles. The van der Waals surface area contributed by atoms with Crippen molar-refractivity contribution in [3.05, 3.63) is 199 Å². The van der Waals surface area contributed by atoms with Gasteiger partial charge in [0.25, 0.3) is 0 Å². The molecule has 0 amide bonds. The zero-order valence-electron chi connectivity index (χ0n) is 31.8. The Balaban J connectivity index is 1.30. The largest absolute Gasteiger partial charge is 0.310 e. The van der Waals surface area contributed by atoms with Gasteiger partial charge in [-0.05, 0) is 89.8 Å². The topological polar surface area (TPSA) is 3.24 Å². The molecular weight excluding hydrogens is 679 g/mol. The minimum atomic E-state index is -2.14. The predicted molar refractivity (Wildman–Crippen MR) is 237 cm³/mol. The number of hydrogen-bond acceptors (Lipinski definition) is 1. The van der Waals surface area contributed by atoms with Crippen molar-refractivity contribution >= 4 is 35.5 Å². The summed E-state index contributed by atoms with van der Waals surface area (Å²) < 4.78 is 0. The summed E-state index contributed by atoms with van der Waals surface area (Å²) in [5.41, 5.74) is 18.9. The molecule has 0 N–H and O–H groups in total. The first-order valence-electron chi connectivity index (χ1n) is 19.5. The van der Waals surface area contributed by atoms with E-state index in [9.17, 15) is 0 Å². The first kappa shape index (κ1) is 33.4. The molecule has 8 aromatic carbocycles. The average molecular weight is 722 g/mol. The Morgan fingerprint density at radius 2 is 0.891 bits per heavy atom. The molecule has 0 atom stereocenters. The van der Waals surface area contributed by atoms with Gasteiger partial charge in [-0.3, -0.25) is 0 Å². The normalized spacial score (nSPS) is 14.1. The zero-order chi connectivity index (χ0) is 37.3. The molecule has 0 spiro atoms. The van der Waals surface area contributed by atoms with Gasteiger partial charge in [0.1, 0.15) is 8.07 Å². The fourth-order valence-corrected chi connectivity index (χ4v) is 13.1. The van der Waals surface area contributed by atoms with Gasteiger partial charge < -0.3 is 4.90 Å². The van der Waals surface area contributed by atoms with Gasteiger partial charge in [0.15, 0.2) is 0 Å². The lowest BCUT2D eigenvalue weighted by atomic mass is 9.81. The number of hydrogen-bond donors (Lipinski definition) is 0. The van der Waals surface area contributed by atoms with Crippen LogP contribution in [-0.2, 0) is 5.41 Å². The molecule has 2 aliphatic rings. The van der Waals surface area contributed by atoms with Gasteiger partial charge in [-0.2, -0.15) is 0 Å². The Labute approximate surface area is 326 Å². The van der Waals surface area contributed by atoms with E-state index >= 15 is 0 Å². The number of benzene rings is 8. The quantitative estimate of drug-likeness (QED) is 0.155. The Kier molecular flexibility index (Phi) is 7.69. The maximum absolute atomic E-state index is 2.65. The van der Waals surface area contributed by atoms with E-state index in [1.54, 1.807) is 0 Å². The third kappa shape index (κ3) is 5.12. The van der Waals surface area contributed by atoms with Crippen molar-refractivity contribution in [2.24, 2.45) is 0 Å². The highest BCUT2D eigenvalue weighted by molar-refractivity contribution is 7.04. The Bertz CT molecular complexity index is 2640. The predicted octanol–water partition coefficient (Wildman–Crippen LogP) is 13.3. The number of anilines is 3. The summed E-state index contributed by atoms with van der Waals surface area (Å²) in [6.45, 7) is 9.90. The highest BCUT2D eigenvalue weighted by Gasteiger charge is 2.43. The van der Waals surface area contributed by atoms with E-state index in [-0.39, 0.29) is 5.41 Å². The lowest BCUT2D eigenvalue weighted by Gasteiger charge is -2.36. The maximum atomic E-state index is 2.65. The number of fused-ring (bicyclic) bond motifs is 6. The molecule has 0 bridgehead atoms. The van der Waals surface area contributed by atoms with Crippen molar-refractivity contribution < 1.29 is 0 Å². The summed E-state index contributed by atoms with van der Waals surface area (Å²) >= 11 is 0. The van der Waals surface area contributed by atoms with E-state index < -0.39 is 8.07 Å². The molecule has 8 aromatic rings. The molecule has 55 heavy (non-hydrogen) atoms. The van der Waals surface area contributed by atoms with E-state index in [1.165, 1.54) is 94.2 Å². The molecule has 264 valence electrons. The molecule has 10 rings (SSSR count). The average Bonchev–Trinajstić information content (AvgIpc) is 3.62. The summed E-state index contributed by atoms with van der Waals surface area (Å²) in [7, 11) is -2.14. The highest BCUT2D eigenvalue weighted by atomic mass is 28.3. The van der Waals surface area contributed by atoms with Crippen molar-refractivity contribution in [2.45, 2.75) is 32.4 Å². The Hall–Kier alpha value is -6.22. The number of nitrogens with zero attached hydrogens (tertiary/aromatic N) is 1. The third-order valence-corrected chi connectivity index (χ3v) is 15.8. The number of rotatable bonds is 6. The van der Waals surface area contributed by atoms with Gasteiger partial charge in [0.05, 0.1) is 11.4 Å². The molecule has 0 fully saturated rings. The molecule has 0 radical (unpaired) electrons. The van der Waals surface area contributed by atoms with Crippen LogP contribution in [0.3, 0.4) is 0 Å². The van der Waals surface area contributed by atoms with Crippen LogP contribution in [0.25, 0.3) is 55.6 Å². The van der Waals surface area contributed by atoms with Gasteiger partial charge >= 0.3 is 0 Å². The lowest BCUT2D eigenvalue weighted by molar-refractivity contribution is 0.661. The lowest BCUT2D eigenvalue weighted by Crippen LogP contribution is -2.50. The molecule has 2 heteroatoms. The molecule has 1 heterocycles. The SMILES string of the molecule is CC1(C)c2ccccc2-c2cccc(N(c3cccc(-c4ccccc4)c3-c3ccc(-c4ccccc4)cc3)c3cccc4c3[Si](C)(C)c3ccccc3-4)c21. The van der Waals surface area contributed by atoms with E-state index in [1.807, 2.05) is 0 Å². The fraction of sp³-hybridized carbons (Fsp3) is 0.0943. The van der Waals surface area contributed by atoms with Crippen LogP contribution in [0.4, 0.5) is 17.1 Å². The summed E-state index contributed by atoms with van der Waals surface area (Å²) in [5.74, 6) is 0. The van der Waals surface area contributed by atoms with Crippen LogP contribution in [-0.4, -0.2) is 8.07 Å². The fourth-order valence-electron chi connectivity index (χ4n) is 9.75. The zero-order valence-corrected chi connectivity index (χ0v) is 32.8. The van der Waals surface area contributed by atoms with Crippen molar-refractivity contribution in [2.75, 3.05) is 4.90 Å². The van der Waals surface area contributed by atoms with Crippen LogP contribution in [0.5, 0.6) is 0 Å². The molecule has 1 aliphatic heterocycles. The van der Waals surface area contributed by atoms with E-state index in [4.69, 9.17) is 0 Å². The summed E-state index contributed by atoms with van der Waals surface area (Å²) in [4.78, 5) is 2.65. The summed E-state index contributed by atoms with van der Waals surface area (Å²) in [6.07, 6.45) is 0. The van der Waals surface area contributed by atoms with E-state index in [0.717, 1.165) is 0 Å². The smallest absolute Gasteiger partial charge is 0.116 e. The van der Waals surface area contributed by atoms with Crippen LogP contribution in [0.15, 0.2) is 188 Å². The van der Waals surface area contributed by atoms with Crippen LogP contribution >= 0.6 is 0 Å². The van der Waals surface area contributed by atoms with Crippen LogP contribution < -0.4 is 15.3 Å². The molecule has 0 saturated carbocycles. The van der Waals surface area contributed by atoms with Crippen molar-refractivity contribution in [3.63, 3.8) is 0 Å². The maximum Gasteiger partial charge on any atom is 0.116 e. The monoisotopic (exact) mass is 721 g/mol. The minimum Gasteiger partial charge on any atom is -0.310 e. The highest BCUT2D eigenvalue weighted by Crippen LogP contribution is 2.56. The van der Waals surface area contributed by atoms with Crippen molar-refractivity contribution in [1.82, 2.24) is 0 Å². The second kappa shape index (κ2) is 12.7. The second-order valence-corrected chi connectivity index (χ2v) is 20.4. The molecule has 1 nitrogen and oxygen atoms in total. The first-order chi connectivity index (χ1) is 26.8.